The fraction of sp³-hybridized carbons (Fsp3) is 0.500. The van der Waals surface area contributed by atoms with Crippen LogP contribution in [0.2, 0.25) is 0 Å². The molecule has 1 rings (SSSR count). The van der Waals surface area contributed by atoms with Crippen LogP contribution in [0.15, 0.2) is 29.7 Å². The molecule has 18 heavy (non-hydrogen) atoms. The highest BCUT2D eigenvalue weighted by Crippen LogP contribution is 2.17. The summed E-state index contributed by atoms with van der Waals surface area (Å²) in [6.45, 7) is 12.0. The Bertz CT molecular complexity index is 387. The lowest BCUT2D eigenvalue weighted by molar-refractivity contribution is -0.122. The molecule has 4 heteroatoms. The fourth-order valence-corrected chi connectivity index (χ4v) is 2.49. The van der Waals surface area contributed by atoms with Gasteiger partial charge in [-0.1, -0.05) is 25.1 Å². The highest BCUT2D eigenvalue weighted by atomic mass is 32.1. The molecule has 0 fully saturated rings. The predicted octanol–water partition coefficient (Wildman–Crippen LogP) is 2.82. The van der Waals surface area contributed by atoms with Gasteiger partial charge in [-0.2, -0.15) is 0 Å². The Labute approximate surface area is 114 Å². The van der Waals surface area contributed by atoms with Gasteiger partial charge in [0.1, 0.15) is 0 Å². The van der Waals surface area contributed by atoms with Gasteiger partial charge < -0.3 is 5.32 Å². The van der Waals surface area contributed by atoms with Crippen LogP contribution in [0.1, 0.15) is 31.7 Å². The van der Waals surface area contributed by atoms with Gasteiger partial charge in [0.2, 0.25) is 5.91 Å². The van der Waals surface area contributed by atoms with E-state index in [-0.39, 0.29) is 11.9 Å². The number of thiophene rings is 1. The Morgan fingerprint density at radius 2 is 2.28 bits per heavy atom. The topological polar surface area (TPSA) is 32.3 Å². The van der Waals surface area contributed by atoms with Crippen LogP contribution < -0.4 is 5.32 Å². The minimum absolute atomic E-state index is 0.0685. The zero-order valence-electron chi connectivity index (χ0n) is 11.4. The first-order valence-corrected chi connectivity index (χ1v) is 7.10. The van der Waals surface area contributed by atoms with E-state index in [1.807, 2.05) is 31.4 Å². The van der Waals surface area contributed by atoms with Crippen molar-refractivity contribution in [1.29, 1.82) is 0 Å². The molecule has 0 aromatic carbocycles. The fourth-order valence-electron chi connectivity index (χ4n) is 1.76. The van der Waals surface area contributed by atoms with Gasteiger partial charge in [0.15, 0.2) is 0 Å². The molecule has 0 spiro atoms. The number of nitrogens with zero attached hydrogens (tertiary/aromatic N) is 1. The van der Waals surface area contributed by atoms with Gasteiger partial charge in [0.25, 0.3) is 0 Å². The van der Waals surface area contributed by atoms with Crippen LogP contribution in [-0.2, 0) is 4.79 Å². The van der Waals surface area contributed by atoms with E-state index in [1.165, 1.54) is 4.88 Å². The lowest BCUT2D eigenvalue weighted by Crippen LogP contribution is -2.38. The smallest absolute Gasteiger partial charge is 0.234 e. The van der Waals surface area contributed by atoms with Gasteiger partial charge in [-0.25, -0.2) is 0 Å². The summed E-state index contributed by atoms with van der Waals surface area (Å²) in [5, 5.41) is 5.05. The molecule has 0 saturated heterocycles. The largest absolute Gasteiger partial charge is 0.348 e. The lowest BCUT2D eigenvalue weighted by atomic mass is 10.2. The first-order valence-electron chi connectivity index (χ1n) is 6.22. The third kappa shape index (κ3) is 5.02. The monoisotopic (exact) mass is 266 g/mol. The lowest BCUT2D eigenvalue weighted by Gasteiger charge is -2.21. The van der Waals surface area contributed by atoms with E-state index in [0.717, 1.165) is 18.7 Å². The third-order valence-electron chi connectivity index (χ3n) is 2.66. The van der Waals surface area contributed by atoms with Crippen LogP contribution in [0.3, 0.4) is 0 Å². The van der Waals surface area contributed by atoms with E-state index in [1.54, 1.807) is 11.3 Å². The zero-order valence-corrected chi connectivity index (χ0v) is 12.2. The van der Waals surface area contributed by atoms with E-state index in [0.29, 0.717) is 6.54 Å². The quantitative estimate of drug-likeness (QED) is 0.770. The first-order chi connectivity index (χ1) is 8.52. The van der Waals surface area contributed by atoms with Crippen molar-refractivity contribution in [2.24, 2.45) is 0 Å². The van der Waals surface area contributed by atoms with Crippen molar-refractivity contribution in [2.45, 2.75) is 26.8 Å². The number of amides is 1. The summed E-state index contributed by atoms with van der Waals surface area (Å²) < 4.78 is 0. The van der Waals surface area contributed by atoms with Gasteiger partial charge in [-0.3, -0.25) is 9.69 Å². The molecule has 0 saturated carbocycles. The molecule has 1 heterocycles. The summed E-state index contributed by atoms with van der Waals surface area (Å²) in [7, 11) is 0. The molecule has 1 aromatic rings. The molecule has 1 unspecified atom stereocenters. The number of nitrogens with one attached hydrogen (secondary N) is 1. The second-order valence-electron chi connectivity index (χ2n) is 4.57. The molecule has 0 bridgehead atoms. The van der Waals surface area contributed by atoms with Crippen LogP contribution >= 0.6 is 11.3 Å². The Morgan fingerprint density at radius 3 is 2.78 bits per heavy atom. The van der Waals surface area contributed by atoms with E-state index in [2.05, 4.69) is 23.7 Å². The van der Waals surface area contributed by atoms with Crippen molar-refractivity contribution in [3.05, 3.63) is 34.5 Å². The Kier molecular flexibility index (Phi) is 6.09. The number of hydrogen-bond acceptors (Lipinski definition) is 3. The molecule has 1 amide bonds. The molecular formula is C14H22N2OS. The van der Waals surface area contributed by atoms with Crippen LogP contribution in [0.5, 0.6) is 0 Å². The summed E-state index contributed by atoms with van der Waals surface area (Å²) in [6, 6.07) is 4.13. The maximum atomic E-state index is 11.9. The predicted molar refractivity (Wildman–Crippen MR) is 77.8 cm³/mol. The first kappa shape index (κ1) is 14.9. The number of hydrogen-bond donors (Lipinski definition) is 1. The summed E-state index contributed by atoms with van der Waals surface area (Å²) in [5.74, 6) is 0.0685. The van der Waals surface area contributed by atoms with Gasteiger partial charge in [0.05, 0.1) is 12.6 Å². The van der Waals surface area contributed by atoms with Gasteiger partial charge in [0, 0.05) is 11.4 Å². The van der Waals surface area contributed by atoms with Crippen molar-refractivity contribution in [2.75, 3.05) is 19.6 Å². The van der Waals surface area contributed by atoms with Crippen molar-refractivity contribution in [3.63, 3.8) is 0 Å². The van der Waals surface area contributed by atoms with E-state index < -0.39 is 0 Å². The molecule has 0 radical (unpaired) electrons. The maximum Gasteiger partial charge on any atom is 0.234 e. The minimum atomic E-state index is 0.0685. The second kappa shape index (κ2) is 7.34. The molecule has 3 nitrogen and oxygen atoms in total. The van der Waals surface area contributed by atoms with Crippen molar-refractivity contribution >= 4 is 17.2 Å². The maximum absolute atomic E-state index is 11.9. The van der Waals surface area contributed by atoms with Crippen molar-refractivity contribution < 1.29 is 4.79 Å². The SMILES string of the molecule is C=C(C)CN(CC)CC(=O)NC(C)c1cccs1. The third-order valence-corrected chi connectivity index (χ3v) is 3.71. The van der Waals surface area contributed by atoms with Crippen LogP contribution in [0, 0.1) is 0 Å². The van der Waals surface area contributed by atoms with E-state index in [9.17, 15) is 4.79 Å². The van der Waals surface area contributed by atoms with Gasteiger partial charge in [-0.05, 0) is 31.8 Å². The Hall–Kier alpha value is -1.13. The highest BCUT2D eigenvalue weighted by Gasteiger charge is 2.13. The number of rotatable bonds is 7. The summed E-state index contributed by atoms with van der Waals surface area (Å²) in [5.41, 5.74) is 1.08. The normalized spacial score (nSPS) is 12.4. The van der Waals surface area contributed by atoms with E-state index in [4.69, 9.17) is 0 Å². The Balaban J connectivity index is 2.43. The minimum Gasteiger partial charge on any atom is -0.348 e. The molecule has 1 N–H and O–H groups in total. The molecule has 100 valence electrons. The highest BCUT2D eigenvalue weighted by molar-refractivity contribution is 7.10. The molecule has 1 atom stereocenters. The molecule has 0 aliphatic carbocycles. The van der Waals surface area contributed by atoms with Crippen LogP contribution in [0.25, 0.3) is 0 Å². The molecular weight excluding hydrogens is 244 g/mol. The second-order valence-corrected chi connectivity index (χ2v) is 5.54. The van der Waals surface area contributed by atoms with Crippen molar-refractivity contribution in [1.82, 2.24) is 10.2 Å². The van der Waals surface area contributed by atoms with E-state index >= 15 is 0 Å². The average Bonchev–Trinajstić information content (AvgIpc) is 2.80. The number of likely N-dealkylation sites (N-methyl/N-ethyl adjacent to an activating group) is 1. The van der Waals surface area contributed by atoms with Crippen LogP contribution in [-0.4, -0.2) is 30.4 Å². The summed E-state index contributed by atoms with van der Waals surface area (Å²) in [6.07, 6.45) is 0. The summed E-state index contributed by atoms with van der Waals surface area (Å²) in [4.78, 5) is 15.2. The molecule has 0 aliphatic heterocycles. The van der Waals surface area contributed by atoms with Gasteiger partial charge in [-0.15, -0.1) is 11.3 Å². The summed E-state index contributed by atoms with van der Waals surface area (Å²) >= 11 is 1.67. The average molecular weight is 266 g/mol. The van der Waals surface area contributed by atoms with Crippen LogP contribution in [0.4, 0.5) is 0 Å². The molecule has 0 aliphatic rings. The Morgan fingerprint density at radius 1 is 1.56 bits per heavy atom. The van der Waals surface area contributed by atoms with Crippen molar-refractivity contribution in [3.8, 4) is 0 Å². The standard InChI is InChI=1S/C14H22N2OS/c1-5-16(9-11(2)3)10-14(17)15-12(4)13-7-6-8-18-13/h6-8,12H,2,5,9-10H2,1,3-4H3,(H,15,17). The number of carbonyl (C=O) groups is 1. The van der Waals surface area contributed by atoms with Gasteiger partial charge >= 0.3 is 0 Å². The zero-order chi connectivity index (χ0) is 13.5. The molecule has 1 aromatic heterocycles. The number of carbonyl (C=O) groups excluding carboxylic acids is 1.